The minimum absolute atomic E-state index is 0.00600. The molecule has 2 aliphatic rings. The second-order valence-electron chi connectivity index (χ2n) is 6.08. The second-order valence-corrected chi connectivity index (χ2v) is 8.17. The van der Waals surface area contributed by atoms with E-state index in [4.69, 9.17) is 4.74 Å². The number of ether oxygens (including phenoxy) is 1. The average Bonchev–Trinajstić information content (AvgIpc) is 2.84. The SMILES string of the molecule is CC(C)OCCS(=O)(=O)N1C[C@@H]2CCC[C@@]2(C(=O)O)C1. The molecule has 0 aromatic heterocycles. The van der Waals surface area contributed by atoms with Crippen LogP contribution in [0.1, 0.15) is 33.1 Å². The number of rotatable bonds is 6. The van der Waals surface area contributed by atoms with Crippen LogP contribution in [0.3, 0.4) is 0 Å². The van der Waals surface area contributed by atoms with Crippen molar-refractivity contribution in [3.8, 4) is 0 Å². The summed E-state index contributed by atoms with van der Waals surface area (Å²) in [6.45, 7) is 4.33. The molecule has 2 fully saturated rings. The Morgan fingerprint density at radius 2 is 2.20 bits per heavy atom. The molecule has 116 valence electrons. The Hall–Kier alpha value is -0.660. The first-order valence-electron chi connectivity index (χ1n) is 7.11. The fraction of sp³-hybridized carbons (Fsp3) is 0.923. The molecule has 2 atom stereocenters. The van der Waals surface area contributed by atoms with Gasteiger partial charge in [-0.15, -0.1) is 0 Å². The van der Waals surface area contributed by atoms with E-state index in [1.54, 1.807) is 0 Å². The third-order valence-corrected chi connectivity index (χ3v) is 6.20. The van der Waals surface area contributed by atoms with Crippen LogP contribution in [0.25, 0.3) is 0 Å². The highest BCUT2D eigenvalue weighted by molar-refractivity contribution is 7.89. The first kappa shape index (κ1) is 15.7. The first-order valence-corrected chi connectivity index (χ1v) is 8.72. The van der Waals surface area contributed by atoms with E-state index in [-0.39, 0.29) is 30.9 Å². The smallest absolute Gasteiger partial charge is 0.311 e. The molecule has 0 amide bonds. The van der Waals surface area contributed by atoms with Gasteiger partial charge in [0, 0.05) is 13.1 Å². The molecule has 1 aliphatic heterocycles. The fourth-order valence-corrected chi connectivity index (χ4v) is 4.72. The predicted molar refractivity (Wildman–Crippen MR) is 73.9 cm³/mol. The van der Waals surface area contributed by atoms with Crippen LogP contribution >= 0.6 is 0 Å². The van der Waals surface area contributed by atoms with Gasteiger partial charge in [-0.2, -0.15) is 0 Å². The maximum absolute atomic E-state index is 12.3. The van der Waals surface area contributed by atoms with Crippen LogP contribution < -0.4 is 0 Å². The van der Waals surface area contributed by atoms with Crippen molar-refractivity contribution in [3.63, 3.8) is 0 Å². The van der Waals surface area contributed by atoms with Crippen LogP contribution in [-0.4, -0.2) is 55.4 Å². The van der Waals surface area contributed by atoms with E-state index in [1.807, 2.05) is 13.8 Å². The van der Waals surface area contributed by atoms with Gasteiger partial charge in [0.05, 0.1) is 23.9 Å². The Morgan fingerprint density at radius 3 is 2.75 bits per heavy atom. The summed E-state index contributed by atoms with van der Waals surface area (Å²) in [6.07, 6.45) is 2.26. The molecule has 0 radical (unpaired) electrons. The molecule has 20 heavy (non-hydrogen) atoms. The largest absolute Gasteiger partial charge is 0.481 e. The van der Waals surface area contributed by atoms with Crippen molar-refractivity contribution in [2.75, 3.05) is 25.4 Å². The molecule has 0 unspecified atom stereocenters. The lowest BCUT2D eigenvalue weighted by atomic mass is 9.81. The quantitative estimate of drug-likeness (QED) is 0.789. The zero-order valence-corrected chi connectivity index (χ0v) is 12.9. The number of hydrogen-bond acceptors (Lipinski definition) is 4. The summed E-state index contributed by atoms with van der Waals surface area (Å²) in [4.78, 5) is 11.5. The van der Waals surface area contributed by atoms with Gasteiger partial charge in [-0.1, -0.05) is 6.42 Å². The normalized spacial score (nSPS) is 30.9. The molecule has 1 saturated heterocycles. The van der Waals surface area contributed by atoms with E-state index >= 15 is 0 Å². The highest BCUT2D eigenvalue weighted by Gasteiger charge is 2.56. The van der Waals surface area contributed by atoms with Crippen LogP contribution in [0, 0.1) is 11.3 Å². The zero-order chi connectivity index (χ0) is 15.0. The minimum Gasteiger partial charge on any atom is -0.481 e. The van der Waals surface area contributed by atoms with Crippen molar-refractivity contribution in [3.05, 3.63) is 0 Å². The molecule has 0 spiro atoms. The van der Waals surface area contributed by atoms with E-state index in [0.29, 0.717) is 13.0 Å². The van der Waals surface area contributed by atoms with Crippen molar-refractivity contribution in [2.45, 2.75) is 39.2 Å². The van der Waals surface area contributed by atoms with Crippen molar-refractivity contribution in [2.24, 2.45) is 11.3 Å². The summed E-state index contributed by atoms with van der Waals surface area (Å²) in [5.74, 6) is -0.968. The number of carboxylic acid groups (broad SMARTS) is 1. The summed E-state index contributed by atoms with van der Waals surface area (Å²) in [5, 5.41) is 9.46. The van der Waals surface area contributed by atoms with Gasteiger partial charge in [0.2, 0.25) is 10.0 Å². The van der Waals surface area contributed by atoms with Gasteiger partial charge in [0.1, 0.15) is 0 Å². The third kappa shape index (κ3) is 2.84. The second kappa shape index (κ2) is 5.61. The van der Waals surface area contributed by atoms with Gasteiger partial charge in [0.15, 0.2) is 0 Å². The molecule has 1 aliphatic carbocycles. The summed E-state index contributed by atoms with van der Waals surface area (Å²) < 4.78 is 31.2. The topological polar surface area (TPSA) is 83.9 Å². The lowest BCUT2D eigenvalue weighted by Crippen LogP contribution is -2.38. The number of hydrogen-bond donors (Lipinski definition) is 1. The van der Waals surface area contributed by atoms with Crippen LogP contribution in [-0.2, 0) is 19.6 Å². The third-order valence-electron chi connectivity index (χ3n) is 4.45. The van der Waals surface area contributed by atoms with Gasteiger partial charge < -0.3 is 9.84 Å². The highest BCUT2D eigenvalue weighted by atomic mass is 32.2. The van der Waals surface area contributed by atoms with E-state index < -0.39 is 21.4 Å². The van der Waals surface area contributed by atoms with Gasteiger partial charge in [-0.3, -0.25) is 4.79 Å². The van der Waals surface area contributed by atoms with Gasteiger partial charge in [-0.05, 0) is 32.6 Å². The highest BCUT2D eigenvalue weighted by Crippen LogP contribution is 2.49. The molecule has 7 heteroatoms. The maximum atomic E-state index is 12.3. The molecule has 0 aromatic rings. The molecular formula is C13H23NO5S. The van der Waals surface area contributed by atoms with Crippen LogP contribution in [0.15, 0.2) is 0 Å². The van der Waals surface area contributed by atoms with Crippen molar-refractivity contribution >= 4 is 16.0 Å². The molecule has 1 heterocycles. The van der Waals surface area contributed by atoms with Gasteiger partial charge >= 0.3 is 5.97 Å². The summed E-state index contributed by atoms with van der Waals surface area (Å²) in [6, 6.07) is 0. The number of sulfonamides is 1. The van der Waals surface area contributed by atoms with E-state index in [0.717, 1.165) is 12.8 Å². The Bertz CT molecular complexity index is 475. The zero-order valence-electron chi connectivity index (χ0n) is 12.0. The number of fused-ring (bicyclic) bond motifs is 1. The number of aliphatic carboxylic acids is 1. The molecule has 0 bridgehead atoms. The van der Waals surface area contributed by atoms with Crippen LogP contribution in [0.5, 0.6) is 0 Å². The number of nitrogens with zero attached hydrogens (tertiary/aromatic N) is 1. The molecule has 0 aromatic carbocycles. The van der Waals surface area contributed by atoms with Crippen LogP contribution in [0.2, 0.25) is 0 Å². The maximum Gasteiger partial charge on any atom is 0.311 e. The Morgan fingerprint density at radius 1 is 1.50 bits per heavy atom. The predicted octanol–water partition coefficient (Wildman–Crippen LogP) is 0.928. The monoisotopic (exact) mass is 305 g/mol. The van der Waals surface area contributed by atoms with E-state index in [9.17, 15) is 18.3 Å². The lowest BCUT2D eigenvalue weighted by molar-refractivity contribution is -0.149. The standard InChI is InChI=1S/C13H23NO5S/c1-10(2)19-6-7-20(17,18)14-8-11-4-3-5-13(11,9-14)12(15)16/h10-11H,3-9H2,1-2H3,(H,15,16)/t11-,13+/m0/s1. The van der Waals surface area contributed by atoms with Crippen LogP contribution in [0.4, 0.5) is 0 Å². The van der Waals surface area contributed by atoms with Crippen molar-refractivity contribution in [1.82, 2.24) is 4.31 Å². The summed E-state index contributed by atoms with van der Waals surface area (Å²) >= 11 is 0. The van der Waals surface area contributed by atoms with E-state index in [2.05, 4.69) is 0 Å². The number of carboxylic acids is 1. The van der Waals surface area contributed by atoms with Gasteiger partial charge in [0.25, 0.3) is 0 Å². The first-order chi connectivity index (χ1) is 9.28. The molecule has 2 rings (SSSR count). The summed E-state index contributed by atoms with van der Waals surface area (Å²) in [5.41, 5.74) is -0.855. The van der Waals surface area contributed by atoms with Gasteiger partial charge in [-0.25, -0.2) is 12.7 Å². The molecule has 1 N–H and O–H groups in total. The minimum atomic E-state index is -3.42. The van der Waals surface area contributed by atoms with Crippen molar-refractivity contribution < 1.29 is 23.1 Å². The van der Waals surface area contributed by atoms with Crippen molar-refractivity contribution in [1.29, 1.82) is 0 Å². The Kier molecular flexibility index (Phi) is 4.41. The average molecular weight is 305 g/mol. The fourth-order valence-electron chi connectivity index (χ4n) is 3.32. The Balaban J connectivity index is 2.03. The lowest BCUT2D eigenvalue weighted by Gasteiger charge is -2.23. The molecule has 1 saturated carbocycles. The molecular weight excluding hydrogens is 282 g/mol. The molecule has 6 nitrogen and oxygen atoms in total. The summed E-state index contributed by atoms with van der Waals surface area (Å²) in [7, 11) is -3.42. The number of carbonyl (C=O) groups is 1. The Labute approximate surface area is 120 Å². The van der Waals surface area contributed by atoms with E-state index in [1.165, 1.54) is 4.31 Å².